The number of carbonyl (C=O) groups excluding carboxylic acids is 1. The molecule has 1 fully saturated rings. The molecule has 0 spiro atoms. The van der Waals surface area contributed by atoms with E-state index in [0.717, 1.165) is 5.56 Å². The van der Waals surface area contributed by atoms with Gasteiger partial charge in [0, 0.05) is 31.8 Å². The Labute approximate surface area is 176 Å². The Morgan fingerprint density at radius 1 is 1.17 bits per heavy atom. The summed E-state index contributed by atoms with van der Waals surface area (Å²) in [4.78, 5) is 14.7. The Morgan fingerprint density at radius 2 is 1.86 bits per heavy atom. The van der Waals surface area contributed by atoms with E-state index in [1.54, 1.807) is 48.4 Å². The van der Waals surface area contributed by atoms with Crippen LogP contribution < -0.4 is 4.72 Å². The van der Waals surface area contributed by atoms with Crippen molar-refractivity contribution in [1.29, 1.82) is 0 Å². The van der Waals surface area contributed by atoms with Crippen LogP contribution in [0.15, 0.2) is 59.5 Å². The zero-order valence-electron chi connectivity index (χ0n) is 16.3. The first kappa shape index (κ1) is 21.8. The van der Waals surface area contributed by atoms with Crippen LogP contribution in [0.25, 0.3) is 0 Å². The fourth-order valence-electron chi connectivity index (χ4n) is 3.58. The van der Waals surface area contributed by atoms with Gasteiger partial charge in [0.05, 0.1) is 16.9 Å². The number of nitrogens with one attached hydrogen (secondary N) is 1. The number of hydrogen-bond donors (Lipinski definition) is 1. The summed E-state index contributed by atoms with van der Waals surface area (Å²) in [6, 6.07) is 15.5. The van der Waals surface area contributed by atoms with Crippen molar-refractivity contribution in [2.45, 2.75) is 29.7 Å². The molecule has 0 bridgehead atoms. The number of benzene rings is 2. The van der Waals surface area contributed by atoms with Gasteiger partial charge in [-0.25, -0.2) is 13.1 Å². The van der Waals surface area contributed by atoms with Crippen molar-refractivity contribution in [2.75, 3.05) is 26.8 Å². The van der Waals surface area contributed by atoms with E-state index < -0.39 is 15.6 Å². The summed E-state index contributed by atoms with van der Waals surface area (Å²) in [5, 5.41) is 0.551. The summed E-state index contributed by atoms with van der Waals surface area (Å²) in [7, 11) is -2.13. The number of carbonyl (C=O) groups is 1. The van der Waals surface area contributed by atoms with Crippen LogP contribution in [0.2, 0.25) is 5.02 Å². The van der Waals surface area contributed by atoms with Crippen LogP contribution in [0, 0.1) is 0 Å². The van der Waals surface area contributed by atoms with Crippen molar-refractivity contribution in [3.8, 4) is 0 Å². The summed E-state index contributed by atoms with van der Waals surface area (Å²) in [6.45, 7) is 1.17. The van der Waals surface area contributed by atoms with Crippen molar-refractivity contribution in [2.24, 2.45) is 0 Å². The molecule has 6 nitrogen and oxygen atoms in total. The maximum atomic E-state index is 12.9. The first-order valence-electron chi connectivity index (χ1n) is 9.44. The van der Waals surface area contributed by atoms with Crippen molar-refractivity contribution >= 4 is 27.5 Å². The van der Waals surface area contributed by atoms with Gasteiger partial charge in [0.25, 0.3) is 0 Å². The Bertz CT molecular complexity index is 952. The number of halogens is 1. The quantitative estimate of drug-likeness (QED) is 0.690. The smallest absolute Gasteiger partial charge is 0.241 e. The molecule has 1 aliphatic rings. The third-order valence-corrected chi connectivity index (χ3v) is 7.16. The van der Waals surface area contributed by atoms with Gasteiger partial charge in [0.15, 0.2) is 0 Å². The highest BCUT2D eigenvalue weighted by Gasteiger charge is 2.42. The van der Waals surface area contributed by atoms with E-state index in [4.69, 9.17) is 16.3 Å². The van der Waals surface area contributed by atoms with Gasteiger partial charge in [-0.05, 0) is 36.6 Å². The van der Waals surface area contributed by atoms with Gasteiger partial charge in [-0.2, -0.15) is 0 Å². The lowest BCUT2D eigenvalue weighted by Crippen LogP contribution is -2.51. The number of likely N-dealkylation sites (tertiary alicyclic amines) is 1. The van der Waals surface area contributed by atoms with Crippen molar-refractivity contribution < 1.29 is 17.9 Å². The van der Waals surface area contributed by atoms with E-state index in [2.05, 4.69) is 4.72 Å². The molecule has 1 amide bonds. The number of rotatable bonds is 8. The summed E-state index contributed by atoms with van der Waals surface area (Å²) < 4.78 is 33.8. The Kier molecular flexibility index (Phi) is 6.95. The van der Waals surface area contributed by atoms with E-state index in [-0.39, 0.29) is 17.2 Å². The maximum absolute atomic E-state index is 12.9. The molecule has 156 valence electrons. The molecule has 1 unspecified atom stereocenters. The van der Waals surface area contributed by atoms with E-state index >= 15 is 0 Å². The van der Waals surface area contributed by atoms with E-state index in [0.29, 0.717) is 37.6 Å². The minimum Gasteiger partial charge on any atom is -0.385 e. The lowest BCUT2D eigenvalue weighted by Gasteiger charge is -2.30. The molecule has 1 N–H and O–H groups in total. The second-order valence-electron chi connectivity index (χ2n) is 7.28. The van der Waals surface area contributed by atoms with Crippen LogP contribution >= 0.6 is 11.6 Å². The monoisotopic (exact) mass is 436 g/mol. The first-order valence-corrected chi connectivity index (χ1v) is 11.3. The highest BCUT2D eigenvalue weighted by molar-refractivity contribution is 7.89. The molecule has 29 heavy (non-hydrogen) atoms. The molecule has 2 aromatic rings. The number of sulfonamides is 1. The third-order valence-electron chi connectivity index (χ3n) is 5.20. The molecule has 0 aliphatic carbocycles. The maximum Gasteiger partial charge on any atom is 0.241 e. The van der Waals surface area contributed by atoms with Gasteiger partial charge in [0.1, 0.15) is 0 Å². The normalized spacial score (nSPS) is 19.4. The fraction of sp³-hybridized carbons (Fsp3) is 0.381. The topological polar surface area (TPSA) is 75.7 Å². The minimum absolute atomic E-state index is 0.0729. The van der Waals surface area contributed by atoms with Gasteiger partial charge in [-0.1, -0.05) is 48.0 Å². The zero-order valence-corrected chi connectivity index (χ0v) is 17.9. The zero-order chi connectivity index (χ0) is 20.9. The van der Waals surface area contributed by atoms with Crippen LogP contribution in [-0.2, 0) is 26.0 Å². The SMILES string of the molecule is COCCC1(NS(=O)(=O)c2ccccc2)CCN(C(=O)Cc2ccccc2Cl)C1. The molecule has 2 aromatic carbocycles. The highest BCUT2D eigenvalue weighted by atomic mass is 35.5. The lowest BCUT2D eigenvalue weighted by atomic mass is 9.96. The molecular formula is C21H25ClN2O4S. The number of ether oxygens (including phenoxy) is 1. The highest BCUT2D eigenvalue weighted by Crippen LogP contribution is 2.28. The van der Waals surface area contributed by atoms with Crippen molar-refractivity contribution in [3.63, 3.8) is 0 Å². The number of hydrogen-bond acceptors (Lipinski definition) is 4. The molecular weight excluding hydrogens is 412 g/mol. The second kappa shape index (κ2) is 9.26. The molecule has 0 saturated carbocycles. The van der Waals surface area contributed by atoms with Gasteiger partial charge in [-0.3, -0.25) is 4.79 Å². The average Bonchev–Trinajstić information content (AvgIpc) is 3.12. The third kappa shape index (κ3) is 5.36. The summed E-state index contributed by atoms with van der Waals surface area (Å²) >= 11 is 6.18. The van der Waals surface area contributed by atoms with Gasteiger partial charge in [-0.15, -0.1) is 0 Å². The van der Waals surface area contributed by atoms with Gasteiger partial charge >= 0.3 is 0 Å². The van der Waals surface area contributed by atoms with Crippen molar-refractivity contribution in [3.05, 3.63) is 65.2 Å². The Balaban J connectivity index is 1.76. The molecule has 1 atom stereocenters. The molecule has 0 aromatic heterocycles. The molecule has 1 aliphatic heterocycles. The number of amides is 1. The largest absolute Gasteiger partial charge is 0.385 e. The number of nitrogens with zero attached hydrogens (tertiary/aromatic N) is 1. The van der Waals surface area contributed by atoms with Crippen LogP contribution in [0.5, 0.6) is 0 Å². The minimum atomic E-state index is -3.71. The molecule has 3 rings (SSSR count). The molecule has 1 saturated heterocycles. The van der Waals surface area contributed by atoms with Gasteiger partial charge < -0.3 is 9.64 Å². The first-order chi connectivity index (χ1) is 13.9. The predicted octanol–water partition coefficient (Wildman–Crippen LogP) is 2.87. The average molecular weight is 437 g/mol. The van der Waals surface area contributed by atoms with Crippen molar-refractivity contribution in [1.82, 2.24) is 9.62 Å². The van der Waals surface area contributed by atoms with E-state index in [1.807, 2.05) is 18.2 Å². The van der Waals surface area contributed by atoms with E-state index in [9.17, 15) is 13.2 Å². The fourth-order valence-corrected chi connectivity index (χ4v) is 5.26. The Hall–Kier alpha value is -1.93. The predicted molar refractivity (Wildman–Crippen MR) is 112 cm³/mol. The molecule has 0 radical (unpaired) electrons. The number of methoxy groups -OCH3 is 1. The van der Waals surface area contributed by atoms with E-state index in [1.165, 1.54) is 0 Å². The Morgan fingerprint density at radius 3 is 2.55 bits per heavy atom. The summed E-state index contributed by atoms with van der Waals surface area (Å²) in [5.41, 5.74) is -0.000638. The van der Waals surface area contributed by atoms with Crippen LogP contribution in [0.3, 0.4) is 0 Å². The van der Waals surface area contributed by atoms with Gasteiger partial charge in [0.2, 0.25) is 15.9 Å². The van der Waals surface area contributed by atoms with Crippen LogP contribution in [0.4, 0.5) is 0 Å². The molecule has 1 heterocycles. The van der Waals surface area contributed by atoms with Crippen LogP contribution in [0.1, 0.15) is 18.4 Å². The lowest BCUT2D eigenvalue weighted by molar-refractivity contribution is -0.129. The molecule has 8 heteroatoms. The second-order valence-corrected chi connectivity index (χ2v) is 9.36. The summed E-state index contributed by atoms with van der Waals surface area (Å²) in [6.07, 6.45) is 1.19. The van der Waals surface area contributed by atoms with Crippen LogP contribution in [-0.4, -0.2) is 51.6 Å². The standard InChI is InChI=1S/C21H25ClN2O4S/c1-28-14-12-21(23-29(26,27)18-8-3-2-4-9-18)11-13-24(16-21)20(25)15-17-7-5-6-10-19(17)22/h2-10,23H,11-16H2,1H3. The summed E-state index contributed by atoms with van der Waals surface area (Å²) in [5.74, 6) is -0.0729.